The van der Waals surface area contributed by atoms with E-state index in [-0.39, 0.29) is 41.9 Å². The number of nitrogens with one attached hydrogen (secondary N) is 2. The SMILES string of the molecule is CN=C(NCCNC(=O)C1CC1)N1CCC(Oc2ccccc2)CC1.I. The molecule has 0 bridgehead atoms. The van der Waals surface area contributed by atoms with Crippen LogP contribution in [0.1, 0.15) is 25.7 Å². The van der Waals surface area contributed by atoms with Gasteiger partial charge in [-0.05, 0) is 25.0 Å². The normalized spacial score (nSPS) is 18.0. The van der Waals surface area contributed by atoms with Crippen molar-refractivity contribution >= 4 is 35.8 Å². The van der Waals surface area contributed by atoms with Crippen LogP contribution in [0.25, 0.3) is 0 Å². The lowest BCUT2D eigenvalue weighted by Crippen LogP contribution is -2.48. The Kier molecular flexibility index (Phi) is 8.47. The van der Waals surface area contributed by atoms with E-state index in [1.807, 2.05) is 30.3 Å². The quantitative estimate of drug-likeness (QED) is 0.289. The molecule has 3 rings (SSSR count). The van der Waals surface area contributed by atoms with Crippen molar-refractivity contribution < 1.29 is 9.53 Å². The Morgan fingerprint density at radius 3 is 2.38 bits per heavy atom. The van der Waals surface area contributed by atoms with E-state index in [2.05, 4.69) is 20.5 Å². The van der Waals surface area contributed by atoms with E-state index in [4.69, 9.17) is 4.74 Å². The second-order valence-corrected chi connectivity index (χ2v) is 6.66. The lowest BCUT2D eigenvalue weighted by Gasteiger charge is -2.34. The van der Waals surface area contributed by atoms with Crippen LogP contribution in [0.5, 0.6) is 5.75 Å². The highest BCUT2D eigenvalue weighted by atomic mass is 127. The van der Waals surface area contributed by atoms with Gasteiger partial charge in [-0.2, -0.15) is 0 Å². The number of hydrogen-bond donors (Lipinski definition) is 2. The Bertz CT molecular complexity index is 584. The largest absolute Gasteiger partial charge is 0.490 e. The number of halogens is 1. The molecule has 1 amide bonds. The van der Waals surface area contributed by atoms with Crippen LogP contribution in [0.3, 0.4) is 0 Å². The van der Waals surface area contributed by atoms with E-state index in [9.17, 15) is 4.79 Å². The van der Waals surface area contributed by atoms with Crippen LogP contribution in [0.15, 0.2) is 35.3 Å². The molecule has 2 fully saturated rings. The third kappa shape index (κ3) is 6.34. The Balaban J connectivity index is 0.00000243. The topological polar surface area (TPSA) is 66.0 Å². The molecule has 0 spiro atoms. The van der Waals surface area contributed by atoms with Gasteiger partial charge >= 0.3 is 0 Å². The maximum atomic E-state index is 11.6. The van der Waals surface area contributed by atoms with E-state index in [0.29, 0.717) is 13.1 Å². The van der Waals surface area contributed by atoms with Gasteiger partial charge in [-0.15, -0.1) is 24.0 Å². The number of para-hydroxylation sites is 1. The number of ether oxygens (including phenoxy) is 1. The molecule has 6 nitrogen and oxygen atoms in total. The minimum Gasteiger partial charge on any atom is -0.490 e. The zero-order valence-electron chi connectivity index (χ0n) is 15.3. The molecule has 2 N–H and O–H groups in total. The zero-order valence-corrected chi connectivity index (χ0v) is 17.6. The van der Waals surface area contributed by atoms with Crippen molar-refractivity contribution in [1.82, 2.24) is 15.5 Å². The van der Waals surface area contributed by atoms with Crippen LogP contribution in [0.4, 0.5) is 0 Å². The molecule has 1 aromatic rings. The third-order valence-electron chi connectivity index (χ3n) is 4.65. The minimum atomic E-state index is 0. The summed E-state index contributed by atoms with van der Waals surface area (Å²) in [6, 6.07) is 10.0. The first-order valence-electron chi connectivity index (χ1n) is 9.21. The number of rotatable bonds is 6. The first kappa shape index (κ1) is 20.8. The summed E-state index contributed by atoms with van der Waals surface area (Å²) in [7, 11) is 1.80. The van der Waals surface area contributed by atoms with E-state index >= 15 is 0 Å². The van der Waals surface area contributed by atoms with Gasteiger partial charge in [0.2, 0.25) is 5.91 Å². The van der Waals surface area contributed by atoms with Crippen molar-refractivity contribution in [2.45, 2.75) is 31.8 Å². The second-order valence-electron chi connectivity index (χ2n) is 6.66. The second kappa shape index (κ2) is 10.6. The Hall–Kier alpha value is -1.51. The number of guanidine groups is 1. The number of likely N-dealkylation sites (tertiary alicyclic amines) is 1. The molecule has 144 valence electrons. The maximum absolute atomic E-state index is 11.6. The predicted molar refractivity (Wildman–Crippen MR) is 114 cm³/mol. The molecule has 1 saturated heterocycles. The molecule has 0 aromatic heterocycles. The summed E-state index contributed by atoms with van der Waals surface area (Å²) in [6.45, 7) is 3.19. The van der Waals surface area contributed by atoms with Crippen molar-refractivity contribution in [2.24, 2.45) is 10.9 Å². The summed E-state index contributed by atoms with van der Waals surface area (Å²) in [5.74, 6) is 2.30. The van der Waals surface area contributed by atoms with Gasteiger partial charge in [0.1, 0.15) is 11.9 Å². The number of amides is 1. The number of benzene rings is 1. The Morgan fingerprint density at radius 2 is 1.77 bits per heavy atom. The number of aliphatic imine (C=N–C) groups is 1. The molecule has 1 aliphatic carbocycles. The van der Waals surface area contributed by atoms with E-state index in [1.54, 1.807) is 7.05 Å². The van der Waals surface area contributed by atoms with E-state index in [1.165, 1.54) is 0 Å². The van der Waals surface area contributed by atoms with Crippen LogP contribution < -0.4 is 15.4 Å². The number of nitrogens with zero attached hydrogens (tertiary/aromatic N) is 2. The van der Waals surface area contributed by atoms with Crippen LogP contribution >= 0.6 is 24.0 Å². The van der Waals surface area contributed by atoms with E-state index in [0.717, 1.165) is 50.5 Å². The van der Waals surface area contributed by atoms with Gasteiger partial charge in [0.15, 0.2) is 5.96 Å². The highest BCUT2D eigenvalue weighted by Crippen LogP contribution is 2.28. The summed E-state index contributed by atoms with van der Waals surface area (Å²) in [5.41, 5.74) is 0. The fraction of sp³-hybridized carbons (Fsp3) is 0.579. The number of carbonyl (C=O) groups is 1. The molecule has 7 heteroatoms. The van der Waals surface area contributed by atoms with Crippen LogP contribution in [-0.4, -0.2) is 56.1 Å². The molecule has 26 heavy (non-hydrogen) atoms. The molecule has 1 aromatic carbocycles. The average molecular weight is 472 g/mol. The van der Waals surface area contributed by atoms with Gasteiger partial charge < -0.3 is 20.3 Å². The lowest BCUT2D eigenvalue weighted by atomic mass is 10.1. The number of carbonyl (C=O) groups excluding carboxylic acids is 1. The zero-order chi connectivity index (χ0) is 17.5. The van der Waals surface area contributed by atoms with Crippen molar-refractivity contribution in [2.75, 3.05) is 33.2 Å². The average Bonchev–Trinajstić information content (AvgIpc) is 3.49. The molecule has 1 saturated carbocycles. The van der Waals surface area contributed by atoms with Crippen molar-refractivity contribution in [1.29, 1.82) is 0 Å². The number of hydrogen-bond acceptors (Lipinski definition) is 3. The maximum Gasteiger partial charge on any atom is 0.223 e. The Labute approximate surface area is 172 Å². The summed E-state index contributed by atoms with van der Waals surface area (Å²) in [4.78, 5) is 18.2. The Morgan fingerprint density at radius 1 is 1.12 bits per heavy atom. The molecular formula is C19H29IN4O2. The van der Waals surface area contributed by atoms with Crippen molar-refractivity contribution in [3.05, 3.63) is 30.3 Å². The number of piperidine rings is 1. The molecule has 2 aliphatic rings. The molecule has 0 atom stereocenters. The van der Waals surface area contributed by atoms with Gasteiger partial charge in [0.25, 0.3) is 0 Å². The first-order chi connectivity index (χ1) is 12.3. The van der Waals surface area contributed by atoms with Gasteiger partial charge in [-0.25, -0.2) is 0 Å². The molecular weight excluding hydrogens is 443 g/mol. The predicted octanol–water partition coefficient (Wildman–Crippen LogP) is 2.25. The smallest absolute Gasteiger partial charge is 0.223 e. The van der Waals surface area contributed by atoms with E-state index < -0.39 is 0 Å². The highest BCUT2D eigenvalue weighted by molar-refractivity contribution is 14.0. The van der Waals surface area contributed by atoms with Crippen molar-refractivity contribution in [3.8, 4) is 5.75 Å². The summed E-state index contributed by atoms with van der Waals surface area (Å²) in [6.07, 6.45) is 4.30. The van der Waals surface area contributed by atoms with Gasteiger partial charge in [0, 0.05) is 52.0 Å². The van der Waals surface area contributed by atoms with Crippen LogP contribution in [0, 0.1) is 5.92 Å². The van der Waals surface area contributed by atoms with Gasteiger partial charge in [-0.1, -0.05) is 18.2 Å². The van der Waals surface area contributed by atoms with Crippen LogP contribution in [0.2, 0.25) is 0 Å². The molecule has 0 radical (unpaired) electrons. The molecule has 0 unspecified atom stereocenters. The van der Waals surface area contributed by atoms with Crippen LogP contribution in [-0.2, 0) is 4.79 Å². The monoisotopic (exact) mass is 472 g/mol. The fourth-order valence-corrected chi connectivity index (χ4v) is 3.06. The van der Waals surface area contributed by atoms with Crippen molar-refractivity contribution in [3.63, 3.8) is 0 Å². The summed E-state index contributed by atoms with van der Waals surface area (Å²) < 4.78 is 6.04. The minimum absolute atomic E-state index is 0. The summed E-state index contributed by atoms with van der Waals surface area (Å²) >= 11 is 0. The highest BCUT2D eigenvalue weighted by Gasteiger charge is 2.29. The third-order valence-corrected chi connectivity index (χ3v) is 4.65. The lowest BCUT2D eigenvalue weighted by molar-refractivity contribution is -0.122. The van der Waals surface area contributed by atoms with Gasteiger partial charge in [0.05, 0.1) is 0 Å². The molecule has 1 heterocycles. The first-order valence-corrected chi connectivity index (χ1v) is 9.21. The summed E-state index contributed by atoms with van der Waals surface area (Å²) in [5, 5.41) is 6.31. The molecule has 1 aliphatic heterocycles. The van der Waals surface area contributed by atoms with Gasteiger partial charge in [-0.3, -0.25) is 9.79 Å². The fourth-order valence-electron chi connectivity index (χ4n) is 3.06. The standard InChI is InChI=1S/C19H28N4O2.HI/c1-20-19(22-12-11-21-18(24)15-7-8-15)23-13-9-17(10-14-23)25-16-5-3-2-4-6-16;/h2-6,15,17H,7-14H2,1H3,(H,20,22)(H,21,24);1H.